The number of hydrogen-bond acceptors (Lipinski definition) is 3. The Kier molecular flexibility index (Phi) is 9.42. The molecule has 0 amide bonds. The summed E-state index contributed by atoms with van der Waals surface area (Å²) in [7, 11) is 0. The van der Waals surface area contributed by atoms with Crippen LogP contribution in [0.15, 0.2) is 69.9 Å². The first-order valence-electron chi connectivity index (χ1n) is 9.80. The number of nitrogens with zero attached hydrogens (tertiary/aromatic N) is 2. The maximum absolute atomic E-state index is 12.2. The fraction of sp³-hybridized carbons (Fsp3) is 0.304. The topological polar surface area (TPSA) is 44.1 Å². The second-order valence-corrected chi connectivity index (χ2v) is 7.33. The van der Waals surface area contributed by atoms with Gasteiger partial charge in [-0.3, -0.25) is 0 Å². The van der Waals surface area contributed by atoms with Crippen molar-refractivity contribution in [2.45, 2.75) is 40.0 Å². The maximum Gasteiger partial charge on any atom is 0.358 e. The van der Waals surface area contributed by atoms with Crippen LogP contribution in [-0.2, 0) is 11.2 Å². The van der Waals surface area contributed by atoms with E-state index < -0.39 is 5.97 Å². The fourth-order valence-corrected chi connectivity index (χ4v) is 3.35. The van der Waals surface area contributed by atoms with Crippen molar-refractivity contribution < 1.29 is 9.53 Å². The molecular formula is C23H26BrClN2O2. The Labute approximate surface area is 186 Å². The summed E-state index contributed by atoms with van der Waals surface area (Å²) in [4.78, 5) is 16.8. The average molecular weight is 478 g/mol. The molecule has 2 aliphatic rings. The number of hydrogen-bond donors (Lipinski definition) is 0. The number of imidazole rings is 1. The van der Waals surface area contributed by atoms with E-state index in [0.717, 1.165) is 34.4 Å². The van der Waals surface area contributed by atoms with Crippen LogP contribution in [0.25, 0.3) is 5.70 Å². The molecule has 0 aromatic carbocycles. The summed E-state index contributed by atoms with van der Waals surface area (Å²) in [5.41, 5.74) is 2.23. The molecule has 154 valence electrons. The minimum Gasteiger partial charge on any atom is -0.461 e. The molecule has 0 N–H and O–H groups in total. The van der Waals surface area contributed by atoms with Crippen LogP contribution in [0.4, 0.5) is 0 Å². The predicted octanol–water partition coefficient (Wildman–Crippen LogP) is 6.72. The van der Waals surface area contributed by atoms with Gasteiger partial charge in [0, 0.05) is 27.8 Å². The summed E-state index contributed by atoms with van der Waals surface area (Å²) < 4.78 is 8.08. The molecule has 0 radical (unpaired) electrons. The van der Waals surface area contributed by atoms with Crippen molar-refractivity contribution in [2.24, 2.45) is 0 Å². The lowest BCUT2D eigenvalue weighted by atomic mass is 10.1. The van der Waals surface area contributed by atoms with Crippen LogP contribution in [-0.4, -0.2) is 22.1 Å². The van der Waals surface area contributed by atoms with Crippen LogP contribution in [0, 0.1) is 0 Å². The van der Waals surface area contributed by atoms with E-state index in [0.29, 0.717) is 23.8 Å². The summed E-state index contributed by atoms with van der Waals surface area (Å²) in [6, 6.07) is 0. The minimum absolute atomic E-state index is 0.296. The molecule has 1 aromatic heterocycles. The molecule has 29 heavy (non-hydrogen) atoms. The molecule has 2 aliphatic carbocycles. The van der Waals surface area contributed by atoms with Gasteiger partial charge in [0.25, 0.3) is 0 Å². The summed E-state index contributed by atoms with van der Waals surface area (Å²) in [6.07, 6.45) is 19.9. The minimum atomic E-state index is -0.423. The van der Waals surface area contributed by atoms with Gasteiger partial charge in [0.2, 0.25) is 0 Å². The van der Waals surface area contributed by atoms with Gasteiger partial charge in [-0.1, -0.05) is 71.8 Å². The number of esters is 1. The van der Waals surface area contributed by atoms with E-state index in [4.69, 9.17) is 16.3 Å². The fourth-order valence-electron chi connectivity index (χ4n) is 2.82. The monoisotopic (exact) mass is 476 g/mol. The van der Waals surface area contributed by atoms with Crippen molar-refractivity contribution in [3.8, 4) is 0 Å². The standard InChI is InChI=1S/C21H20BrClN2O2.C2H6/c1-2-27-21(26)19-14-25(17-9-6-8-16(22)11-12-17)20(24-19)13-15-7-4-3-5-10-18(15)23;1-2/h3,5,7-12,14H,2,4,6,13H2,1H3;1-2H3. The Morgan fingerprint density at radius 2 is 2.03 bits per heavy atom. The smallest absolute Gasteiger partial charge is 0.358 e. The van der Waals surface area contributed by atoms with Gasteiger partial charge in [-0.05, 0) is 43.6 Å². The summed E-state index contributed by atoms with van der Waals surface area (Å²) >= 11 is 9.91. The number of rotatable bonds is 5. The molecule has 0 fully saturated rings. The average Bonchev–Trinajstić information content (AvgIpc) is 2.86. The third kappa shape index (κ3) is 6.44. The molecule has 4 nitrogen and oxygen atoms in total. The van der Waals surface area contributed by atoms with Crippen molar-refractivity contribution >= 4 is 39.2 Å². The van der Waals surface area contributed by atoms with Gasteiger partial charge in [0.1, 0.15) is 5.82 Å². The van der Waals surface area contributed by atoms with Crippen molar-refractivity contribution in [2.75, 3.05) is 6.61 Å². The number of ether oxygens (including phenoxy) is 1. The number of carbonyl (C=O) groups is 1. The highest BCUT2D eigenvalue weighted by Crippen LogP contribution is 2.26. The van der Waals surface area contributed by atoms with Gasteiger partial charge < -0.3 is 9.30 Å². The highest BCUT2D eigenvalue weighted by molar-refractivity contribution is 9.11. The van der Waals surface area contributed by atoms with Crippen LogP contribution < -0.4 is 0 Å². The Balaban J connectivity index is 0.00000145. The highest BCUT2D eigenvalue weighted by atomic mass is 79.9. The zero-order chi connectivity index (χ0) is 21.2. The molecular weight excluding hydrogens is 452 g/mol. The Morgan fingerprint density at radius 3 is 2.79 bits per heavy atom. The van der Waals surface area contributed by atoms with Gasteiger partial charge >= 0.3 is 5.97 Å². The zero-order valence-electron chi connectivity index (χ0n) is 17.0. The third-order valence-electron chi connectivity index (χ3n) is 4.13. The van der Waals surface area contributed by atoms with Crippen molar-refractivity contribution in [3.05, 3.63) is 81.4 Å². The predicted molar refractivity (Wildman–Crippen MR) is 124 cm³/mol. The Bertz CT molecular complexity index is 917. The molecule has 0 spiro atoms. The van der Waals surface area contributed by atoms with Crippen molar-refractivity contribution in [1.29, 1.82) is 0 Å². The van der Waals surface area contributed by atoms with Gasteiger partial charge in [-0.2, -0.15) is 0 Å². The van der Waals surface area contributed by atoms with E-state index in [1.54, 1.807) is 13.1 Å². The summed E-state index contributed by atoms with van der Waals surface area (Å²) in [6.45, 7) is 6.09. The van der Waals surface area contributed by atoms with E-state index in [-0.39, 0.29) is 0 Å². The molecule has 0 saturated carbocycles. The summed E-state index contributed by atoms with van der Waals surface area (Å²) in [5.74, 6) is 0.319. The van der Waals surface area contributed by atoms with Gasteiger partial charge in [-0.15, -0.1) is 0 Å². The lowest BCUT2D eigenvalue weighted by molar-refractivity contribution is 0.0520. The van der Waals surface area contributed by atoms with Crippen LogP contribution in [0.1, 0.15) is 49.9 Å². The molecule has 3 rings (SSSR count). The van der Waals surface area contributed by atoms with E-state index in [1.807, 2.05) is 48.8 Å². The zero-order valence-corrected chi connectivity index (χ0v) is 19.3. The van der Waals surface area contributed by atoms with Crippen LogP contribution in [0.5, 0.6) is 0 Å². The lowest BCUT2D eigenvalue weighted by Gasteiger charge is -2.10. The number of carbonyl (C=O) groups excluding carboxylic acids is 1. The SMILES string of the molecule is CC.CCOC(=O)c1cn(C2=CCC=C(Br)C=C2)c(CC2=CCC=CC=C2Cl)n1. The van der Waals surface area contributed by atoms with Gasteiger partial charge in [0.15, 0.2) is 5.69 Å². The van der Waals surface area contributed by atoms with E-state index in [1.165, 1.54) is 0 Å². The largest absolute Gasteiger partial charge is 0.461 e. The number of halogens is 2. The molecule has 0 atom stereocenters. The van der Waals surface area contributed by atoms with E-state index >= 15 is 0 Å². The maximum atomic E-state index is 12.2. The van der Waals surface area contributed by atoms with E-state index in [9.17, 15) is 4.79 Å². The normalized spacial score (nSPS) is 15.8. The Hall–Kier alpha value is -2.11. The highest BCUT2D eigenvalue weighted by Gasteiger charge is 2.19. The Morgan fingerprint density at radius 1 is 1.24 bits per heavy atom. The van der Waals surface area contributed by atoms with Crippen LogP contribution in [0.2, 0.25) is 0 Å². The first kappa shape index (κ1) is 23.2. The third-order valence-corrected chi connectivity index (χ3v) is 5.09. The molecule has 0 saturated heterocycles. The second kappa shape index (κ2) is 11.8. The quantitative estimate of drug-likeness (QED) is 0.442. The molecule has 1 heterocycles. The molecule has 0 unspecified atom stereocenters. The van der Waals surface area contributed by atoms with Gasteiger partial charge in [-0.25, -0.2) is 9.78 Å². The second-order valence-electron chi connectivity index (χ2n) is 6.00. The van der Waals surface area contributed by atoms with Crippen LogP contribution >= 0.6 is 27.5 Å². The molecule has 6 heteroatoms. The van der Waals surface area contributed by atoms with Crippen molar-refractivity contribution in [1.82, 2.24) is 9.55 Å². The van der Waals surface area contributed by atoms with Gasteiger partial charge in [0.05, 0.1) is 6.61 Å². The molecule has 0 aliphatic heterocycles. The summed E-state index contributed by atoms with van der Waals surface area (Å²) in [5, 5.41) is 0.686. The first-order valence-corrected chi connectivity index (χ1v) is 11.0. The molecule has 1 aromatic rings. The van der Waals surface area contributed by atoms with E-state index in [2.05, 4.69) is 39.1 Å². The lowest BCUT2D eigenvalue weighted by Crippen LogP contribution is -2.05. The number of aromatic nitrogens is 2. The van der Waals surface area contributed by atoms with Crippen LogP contribution in [0.3, 0.4) is 0 Å². The molecule has 0 bridgehead atoms. The first-order chi connectivity index (χ1) is 14.1. The number of allylic oxidation sites excluding steroid dienone is 12. The van der Waals surface area contributed by atoms with Crippen molar-refractivity contribution in [3.63, 3.8) is 0 Å².